The molecule has 3 rings (SSSR count). The number of fused-ring (bicyclic) bond motifs is 1. The minimum atomic E-state index is -0.292. The number of aromatic nitrogens is 3. The molecule has 3 aromatic rings. The van der Waals surface area contributed by atoms with Crippen molar-refractivity contribution in [2.45, 2.75) is 39.0 Å². The van der Waals surface area contributed by atoms with Crippen molar-refractivity contribution in [3.8, 4) is 11.4 Å². The summed E-state index contributed by atoms with van der Waals surface area (Å²) in [5, 5.41) is 19.9. The van der Waals surface area contributed by atoms with Crippen LogP contribution >= 0.6 is 11.6 Å². The van der Waals surface area contributed by atoms with Gasteiger partial charge in [-0.2, -0.15) is 0 Å². The lowest BCUT2D eigenvalue weighted by molar-refractivity contribution is -0.140. The normalized spacial score (nSPS) is 11.7. The number of hydrogen-bond donors (Lipinski definition) is 1. The molecule has 7 heteroatoms. The minimum absolute atomic E-state index is 0.121. The van der Waals surface area contributed by atoms with E-state index in [9.17, 15) is 9.90 Å². The fraction of sp³-hybridized carbons (Fsp3) is 0.350. The summed E-state index contributed by atoms with van der Waals surface area (Å²) in [6, 6.07) is 8.63. The van der Waals surface area contributed by atoms with Crippen LogP contribution in [0.3, 0.4) is 0 Å². The van der Waals surface area contributed by atoms with Crippen LogP contribution in [0.5, 0.6) is 5.75 Å². The zero-order valence-corrected chi connectivity index (χ0v) is 16.5. The van der Waals surface area contributed by atoms with Crippen LogP contribution < -0.4 is 0 Å². The Morgan fingerprint density at radius 3 is 2.56 bits per heavy atom. The Morgan fingerprint density at radius 1 is 1.19 bits per heavy atom. The molecular formula is C20H22ClN3O3. The van der Waals surface area contributed by atoms with Gasteiger partial charge in [-0.05, 0) is 47.2 Å². The van der Waals surface area contributed by atoms with Crippen LogP contribution in [0.1, 0.15) is 38.3 Å². The van der Waals surface area contributed by atoms with Crippen molar-refractivity contribution in [1.82, 2.24) is 15.0 Å². The van der Waals surface area contributed by atoms with E-state index in [1.54, 1.807) is 30.3 Å². The molecule has 0 atom stereocenters. The number of carbonyl (C=O) groups excluding carboxylic acids is 1. The van der Waals surface area contributed by atoms with Crippen molar-refractivity contribution in [1.29, 1.82) is 0 Å². The predicted octanol–water partition coefficient (Wildman–Crippen LogP) is 4.18. The quantitative estimate of drug-likeness (QED) is 0.679. The average Bonchev–Trinajstić information content (AvgIpc) is 3.01. The van der Waals surface area contributed by atoms with Crippen LogP contribution in [-0.2, 0) is 21.4 Å². The van der Waals surface area contributed by atoms with Gasteiger partial charge in [0.15, 0.2) is 0 Å². The van der Waals surface area contributed by atoms with Crippen molar-refractivity contribution >= 4 is 28.6 Å². The molecule has 0 aliphatic carbocycles. The van der Waals surface area contributed by atoms with Crippen LogP contribution in [-0.4, -0.2) is 33.2 Å². The second-order valence-electron chi connectivity index (χ2n) is 7.44. The molecule has 0 aliphatic heterocycles. The third-order valence-electron chi connectivity index (χ3n) is 4.38. The molecule has 27 heavy (non-hydrogen) atoms. The molecule has 0 saturated carbocycles. The van der Waals surface area contributed by atoms with Gasteiger partial charge in [-0.1, -0.05) is 32.4 Å². The zero-order valence-electron chi connectivity index (χ0n) is 15.8. The first-order valence-corrected chi connectivity index (χ1v) is 9.03. The molecule has 1 N–H and O–H groups in total. The monoisotopic (exact) mass is 387 g/mol. The number of halogens is 1. The molecule has 0 fully saturated rings. The molecule has 0 aliphatic rings. The first-order valence-electron chi connectivity index (χ1n) is 8.65. The predicted molar refractivity (Wildman–Crippen MR) is 105 cm³/mol. The molecule has 0 unspecified atom stereocenters. The Hall–Kier alpha value is -2.60. The second-order valence-corrected chi connectivity index (χ2v) is 7.88. The SMILES string of the molecule is COC(=O)CCc1c(-n2nc3ccc(Cl)cc3n2)cc(O)cc1C(C)(C)C. The number of ether oxygens (including phenoxy) is 1. The van der Waals surface area contributed by atoms with Gasteiger partial charge < -0.3 is 9.84 Å². The van der Waals surface area contributed by atoms with Crippen LogP contribution in [0.4, 0.5) is 0 Å². The summed E-state index contributed by atoms with van der Waals surface area (Å²) >= 11 is 6.05. The van der Waals surface area contributed by atoms with Crippen LogP contribution in [0.2, 0.25) is 5.02 Å². The van der Waals surface area contributed by atoms with Crippen LogP contribution in [0.15, 0.2) is 30.3 Å². The number of phenolic OH excluding ortho intramolecular Hbond substituents is 1. The van der Waals surface area contributed by atoms with Gasteiger partial charge in [0, 0.05) is 17.5 Å². The molecule has 6 nitrogen and oxygen atoms in total. The van der Waals surface area contributed by atoms with Gasteiger partial charge in [-0.15, -0.1) is 15.0 Å². The maximum Gasteiger partial charge on any atom is 0.305 e. The van der Waals surface area contributed by atoms with E-state index in [0.29, 0.717) is 28.2 Å². The standard InChI is InChI=1S/C20H22ClN3O3/c1-20(2,3)15-10-13(25)11-18(14(15)6-8-19(26)27-4)24-22-16-7-5-12(21)9-17(16)23-24/h5,7,9-11,25H,6,8H2,1-4H3. The van der Waals surface area contributed by atoms with E-state index >= 15 is 0 Å². The summed E-state index contributed by atoms with van der Waals surface area (Å²) in [5.74, 6) is -0.171. The number of nitrogens with zero attached hydrogens (tertiary/aromatic N) is 3. The number of hydrogen-bond acceptors (Lipinski definition) is 5. The van der Waals surface area contributed by atoms with Crippen molar-refractivity contribution in [3.63, 3.8) is 0 Å². The Kier molecular flexibility index (Phi) is 5.11. The Labute approximate surface area is 162 Å². The van der Waals surface area contributed by atoms with Gasteiger partial charge >= 0.3 is 5.97 Å². The highest BCUT2D eigenvalue weighted by atomic mass is 35.5. The summed E-state index contributed by atoms with van der Waals surface area (Å²) in [6.07, 6.45) is 0.678. The first kappa shape index (κ1) is 19.2. The minimum Gasteiger partial charge on any atom is -0.508 e. The zero-order chi connectivity index (χ0) is 19.8. The fourth-order valence-corrected chi connectivity index (χ4v) is 3.24. The third-order valence-corrected chi connectivity index (χ3v) is 4.62. The van der Waals surface area contributed by atoms with E-state index < -0.39 is 0 Å². The molecule has 142 valence electrons. The van der Waals surface area contributed by atoms with E-state index in [1.165, 1.54) is 11.9 Å². The molecule has 0 bridgehead atoms. The Morgan fingerprint density at radius 2 is 1.89 bits per heavy atom. The maximum absolute atomic E-state index is 11.7. The number of methoxy groups -OCH3 is 1. The van der Waals surface area contributed by atoms with Gasteiger partial charge in [-0.3, -0.25) is 4.79 Å². The number of aromatic hydroxyl groups is 1. The highest BCUT2D eigenvalue weighted by molar-refractivity contribution is 6.31. The number of benzene rings is 2. The molecule has 1 aromatic heterocycles. The van der Waals surface area contributed by atoms with Crippen LogP contribution in [0.25, 0.3) is 16.7 Å². The summed E-state index contributed by atoms with van der Waals surface area (Å²) in [7, 11) is 1.37. The number of phenols is 1. The lowest BCUT2D eigenvalue weighted by Gasteiger charge is -2.25. The molecule has 0 radical (unpaired) electrons. The first-order chi connectivity index (χ1) is 12.7. The lowest BCUT2D eigenvalue weighted by atomic mass is 9.81. The van der Waals surface area contributed by atoms with E-state index in [2.05, 4.69) is 31.0 Å². The largest absolute Gasteiger partial charge is 0.508 e. The molecule has 0 amide bonds. The van der Waals surface area contributed by atoms with Crippen molar-refractivity contribution < 1.29 is 14.6 Å². The number of esters is 1. The van der Waals surface area contributed by atoms with E-state index in [4.69, 9.17) is 16.3 Å². The molecule has 1 heterocycles. The molecule has 0 spiro atoms. The van der Waals surface area contributed by atoms with Crippen molar-refractivity contribution in [3.05, 3.63) is 46.5 Å². The Bertz CT molecular complexity index is 1010. The topological polar surface area (TPSA) is 77.2 Å². The van der Waals surface area contributed by atoms with Gasteiger partial charge in [0.05, 0.1) is 12.8 Å². The van der Waals surface area contributed by atoms with Crippen LogP contribution in [0, 0.1) is 0 Å². The highest BCUT2D eigenvalue weighted by Crippen LogP contribution is 2.34. The third kappa shape index (κ3) is 4.06. The van der Waals surface area contributed by atoms with Crippen molar-refractivity contribution in [2.75, 3.05) is 7.11 Å². The Balaban J connectivity index is 2.19. The van der Waals surface area contributed by atoms with E-state index in [1.807, 2.05) is 0 Å². The van der Waals surface area contributed by atoms with Gasteiger partial charge in [0.1, 0.15) is 16.8 Å². The van der Waals surface area contributed by atoms with Crippen molar-refractivity contribution in [2.24, 2.45) is 0 Å². The van der Waals surface area contributed by atoms with Gasteiger partial charge in [0.2, 0.25) is 0 Å². The van der Waals surface area contributed by atoms with Gasteiger partial charge in [0.25, 0.3) is 0 Å². The summed E-state index contributed by atoms with van der Waals surface area (Å²) in [5.41, 5.74) is 3.57. The van der Waals surface area contributed by atoms with E-state index in [0.717, 1.165) is 11.1 Å². The molecule has 0 saturated heterocycles. The average molecular weight is 388 g/mol. The lowest BCUT2D eigenvalue weighted by Crippen LogP contribution is -2.18. The molecular weight excluding hydrogens is 366 g/mol. The summed E-state index contributed by atoms with van der Waals surface area (Å²) in [6.45, 7) is 6.17. The number of carbonyl (C=O) groups is 1. The fourth-order valence-electron chi connectivity index (χ4n) is 3.08. The summed E-state index contributed by atoms with van der Waals surface area (Å²) < 4.78 is 4.79. The number of rotatable bonds is 4. The van der Waals surface area contributed by atoms with E-state index in [-0.39, 0.29) is 23.6 Å². The summed E-state index contributed by atoms with van der Waals surface area (Å²) in [4.78, 5) is 13.2. The second kappa shape index (κ2) is 7.19. The smallest absolute Gasteiger partial charge is 0.305 e. The maximum atomic E-state index is 11.7. The van der Waals surface area contributed by atoms with Gasteiger partial charge in [-0.25, -0.2) is 0 Å². The highest BCUT2D eigenvalue weighted by Gasteiger charge is 2.24. The molecule has 2 aromatic carbocycles.